The number of carbonyl (C=O) groups is 1. The Morgan fingerprint density at radius 2 is 2.00 bits per heavy atom. The molecule has 2 heterocycles. The number of aromatic nitrogens is 4. The summed E-state index contributed by atoms with van der Waals surface area (Å²) in [6.45, 7) is 4.58. The van der Waals surface area contributed by atoms with Crippen molar-refractivity contribution in [3.8, 4) is 0 Å². The number of hydrogen-bond donors (Lipinski definition) is 1. The summed E-state index contributed by atoms with van der Waals surface area (Å²) >= 11 is 0. The van der Waals surface area contributed by atoms with Gasteiger partial charge in [0.2, 0.25) is 5.91 Å². The standard InChI is InChI=1S/C16H25N5O3/c1-5-7-11(2)18-12(22)8-6-9-21-10-17-14-13(21)15(23)20(4)16(24)19(14)3/h10-11H,5-9H2,1-4H3,(H,18,22). The summed E-state index contributed by atoms with van der Waals surface area (Å²) in [5.74, 6) is 0.0145. The van der Waals surface area contributed by atoms with Crippen LogP contribution in [-0.4, -0.2) is 30.6 Å². The largest absolute Gasteiger partial charge is 0.354 e. The fourth-order valence-corrected chi connectivity index (χ4v) is 2.83. The van der Waals surface area contributed by atoms with Gasteiger partial charge in [0.1, 0.15) is 0 Å². The molecule has 0 aliphatic carbocycles. The number of hydrogen-bond acceptors (Lipinski definition) is 4. The van der Waals surface area contributed by atoms with E-state index >= 15 is 0 Å². The molecule has 0 aliphatic rings. The second-order valence-corrected chi connectivity index (χ2v) is 6.18. The summed E-state index contributed by atoms with van der Waals surface area (Å²) in [5.41, 5.74) is -0.0165. The van der Waals surface area contributed by atoms with E-state index in [0.29, 0.717) is 30.6 Å². The Hall–Kier alpha value is -2.38. The van der Waals surface area contributed by atoms with Crippen molar-refractivity contribution >= 4 is 17.1 Å². The molecule has 1 atom stereocenters. The lowest BCUT2D eigenvalue weighted by atomic mass is 10.2. The first-order valence-corrected chi connectivity index (χ1v) is 8.27. The average Bonchev–Trinajstić information content (AvgIpc) is 2.95. The van der Waals surface area contributed by atoms with Gasteiger partial charge >= 0.3 is 5.69 Å². The Kier molecular flexibility index (Phi) is 5.58. The van der Waals surface area contributed by atoms with Gasteiger partial charge in [0.25, 0.3) is 5.56 Å². The van der Waals surface area contributed by atoms with Gasteiger partial charge in [-0.3, -0.25) is 18.7 Å². The van der Waals surface area contributed by atoms with Gasteiger partial charge in [-0.25, -0.2) is 9.78 Å². The van der Waals surface area contributed by atoms with Gasteiger partial charge in [-0.05, 0) is 19.8 Å². The molecule has 0 radical (unpaired) electrons. The molecule has 0 fully saturated rings. The lowest BCUT2D eigenvalue weighted by molar-refractivity contribution is -0.121. The third-order valence-corrected chi connectivity index (χ3v) is 4.15. The van der Waals surface area contributed by atoms with E-state index < -0.39 is 5.69 Å². The van der Waals surface area contributed by atoms with E-state index in [1.54, 1.807) is 17.9 Å². The van der Waals surface area contributed by atoms with Crippen LogP contribution in [0, 0.1) is 0 Å². The fraction of sp³-hybridized carbons (Fsp3) is 0.625. The topological polar surface area (TPSA) is 90.9 Å². The first-order valence-electron chi connectivity index (χ1n) is 8.27. The molecule has 132 valence electrons. The lowest BCUT2D eigenvalue weighted by Crippen LogP contribution is -2.37. The van der Waals surface area contributed by atoms with Crippen LogP contribution in [0.25, 0.3) is 11.2 Å². The Labute approximate surface area is 140 Å². The average molecular weight is 335 g/mol. The highest BCUT2D eigenvalue weighted by atomic mass is 16.2. The van der Waals surface area contributed by atoms with Crippen molar-refractivity contribution in [2.75, 3.05) is 0 Å². The van der Waals surface area contributed by atoms with E-state index in [1.807, 2.05) is 6.92 Å². The Morgan fingerprint density at radius 1 is 1.29 bits per heavy atom. The van der Waals surface area contributed by atoms with Crippen LogP contribution in [0.3, 0.4) is 0 Å². The summed E-state index contributed by atoms with van der Waals surface area (Å²) in [7, 11) is 3.04. The van der Waals surface area contributed by atoms with Gasteiger partial charge in [-0.15, -0.1) is 0 Å². The highest BCUT2D eigenvalue weighted by molar-refractivity contribution is 5.76. The molecule has 0 saturated heterocycles. The number of carbonyl (C=O) groups excluding carboxylic acids is 1. The van der Waals surface area contributed by atoms with Crippen LogP contribution in [-0.2, 0) is 25.4 Å². The van der Waals surface area contributed by atoms with Crippen molar-refractivity contribution in [1.82, 2.24) is 24.0 Å². The smallest absolute Gasteiger partial charge is 0.332 e. The van der Waals surface area contributed by atoms with Gasteiger partial charge in [0, 0.05) is 33.1 Å². The Balaban J connectivity index is 2.08. The van der Waals surface area contributed by atoms with Gasteiger partial charge in [-0.1, -0.05) is 13.3 Å². The van der Waals surface area contributed by atoms with E-state index in [9.17, 15) is 14.4 Å². The summed E-state index contributed by atoms with van der Waals surface area (Å²) < 4.78 is 4.13. The summed E-state index contributed by atoms with van der Waals surface area (Å²) in [6, 6.07) is 0.179. The molecule has 1 unspecified atom stereocenters. The van der Waals surface area contributed by atoms with Crippen LogP contribution in [0.1, 0.15) is 39.5 Å². The molecule has 24 heavy (non-hydrogen) atoms. The number of fused-ring (bicyclic) bond motifs is 1. The zero-order valence-corrected chi connectivity index (χ0v) is 14.7. The Bertz CT molecular complexity index is 846. The summed E-state index contributed by atoms with van der Waals surface area (Å²) in [5, 5.41) is 2.96. The predicted octanol–water partition coefficient (Wildman–Crippen LogP) is 0.519. The molecule has 0 bridgehead atoms. The first kappa shape index (κ1) is 18.0. The van der Waals surface area contributed by atoms with Crippen LogP contribution in [0.5, 0.6) is 0 Å². The predicted molar refractivity (Wildman–Crippen MR) is 92.0 cm³/mol. The van der Waals surface area contributed by atoms with E-state index in [0.717, 1.165) is 17.4 Å². The van der Waals surface area contributed by atoms with E-state index in [-0.39, 0.29) is 17.5 Å². The molecule has 1 N–H and O–H groups in total. The molecular formula is C16H25N5O3. The number of aryl methyl sites for hydroxylation is 2. The maximum Gasteiger partial charge on any atom is 0.332 e. The highest BCUT2D eigenvalue weighted by Gasteiger charge is 2.14. The molecule has 2 aromatic heterocycles. The molecule has 8 heteroatoms. The minimum Gasteiger partial charge on any atom is -0.354 e. The van der Waals surface area contributed by atoms with Crippen molar-refractivity contribution in [2.45, 2.75) is 52.1 Å². The molecular weight excluding hydrogens is 310 g/mol. The van der Waals surface area contributed by atoms with Crippen LogP contribution in [0.15, 0.2) is 15.9 Å². The summed E-state index contributed by atoms with van der Waals surface area (Å²) in [6.07, 6.45) is 4.53. The van der Waals surface area contributed by atoms with Crippen LogP contribution in [0.4, 0.5) is 0 Å². The molecule has 0 aliphatic heterocycles. The number of rotatable bonds is 7. The maximum absolute atomic E-state index is 12.3. The first-order chi connectivity index (χ1) is 11.4. The number of nitrogens with one attached hydrogen (secondary N) is 1. The fourth-order valence-electron chi connectivity index (χ4n) is 2.83. The van der Waals surface area contributed by atoms with Gasteiger partial charge in [-0.2, -0.15) is 0 Å². The number of imidazole rings is 1. The van der Waals surface area contributed by atoms with Gasteiger partial charge < -0.3 is 9.88 Å². The zero-order chi connectivity index (χ0) is 17.9. The third kappa shape index (κ3) is 3.58. The van der Waals surface area contributed by atoms with Crippen molar-refractivity contribution in [1.29, 1.82) is 0 Å². The molecule has 2 rings (SSSR count). The third-order valence-electron chi connectivity index (χ3n) is 4.15. The highest BCUT2D eigenvalue weighted by Crippen LogP contribution is 2.07. The minimum atomic E-state index is -0.401. The number of amides is 1. The number of nitrogens with zero attached hydrogens (tertiary/aromatic N) is 4. The SMILES string of the molecule is CCCC(C)NC(=O)CCCn1cnc2c1c(=O)n(C)c(=O)n2C. The molecule has 1 amide bonds. The molecule has 0 aromatic carbocycles. The van der Waals surface area contributed by atoms with Gasteiger partial charge in [0.15, 0.2) is 11.2 Å². The molecule has 2 aromatic rings. The minimum absolute atomic E-state index is 0.0145. The zero-order valence-electron chi connectivity index (χ0n) is 14.7. The van der Waals surface area contributed by atoms with Crippen molar-refractivity contribution in [2.24, 2.45) is 14.1 Å². The molecule has 8 nitrogen and oxygen atoms in total. The van der Waals surface area contributed by atoms with Crippen molar-refractivity contribution < 1.29 is 4.79 Å². The van der Waals surface area contributed by atoms with Crippen LogP contribution < -0.4 is 16.6 Å². The van der Waals surface area contributed by atoms with Crippen molar-refractivity contribution in [3.63, 3.8) is 0 Å². The lowest BCUT2D eigenvalue weighted by Gasteiger charge is -2.12. The normalized spacial score (nSPS) is 12.5. The summed E-state index contributed by atoms with van der Waals surface area (Å²) in [4.78, 5) is 40.3. The van der Waals surface area contributed by atoms with E-state index in [4.69, 9.17) is 0 Å². The monoisotopic (exact) mass is 335 g/mol. The van der Waals surface area contributed by atoms with Crippen molar-refractivity contribution in [3.05, 3.63) is 27.2 Å². The molecule has 0 spiro atoms. The quantitative estimate of drug-likeness (QED) is 0.798. The van der Waals surface area contributed by atoms with E-state index in [1.165, 1.54) is 11.6 Å². The van der Waals surface area contributed by atoms with Crippen LogP contribution in [0.2, 0.25) is 0 Å². The molecule has 0 saturated carbocycles. The second-order valence-electron chi connectivity index (χ2n) is 6.18. The van der Waals surface area contributed by atoms with E-state index in [2.05, 4.69) is 17.2 Å². The van der Waals surface area contributed by atoms with Gasteiger partial charge in [0.05, 0.1) is 6.33 Å². The second kappa shape index (κ2) is 7.46. The van der Waals surface area contributed by atoms with Crippen LogP contribution >= 0.6 is 0 Å². The maximum atomic E-state index is 12.3. The Morgan fingerprint density at radius 3 is 2.67 bits per heavy atom.